The maximum atomic E-state index is 12.5. The molecule has 3 rings (SSSR count). The summed E-state index contributed by atoms with van der Waals surface area (Å²) in [5.74, 6) is 0.265. The second-order valence-corrected chi connectivity index (χ2v) is 4.83. The van der Waals surface area contributed by atoms with E-state index in [0.717, 1.165) is 12.0 Å². The Morgan fingerprint density at radius 2 is 1.58 bits per heavy atom. The van der Waals surface area contributed by atoms with E-state index in [1.165, 1.54) is 5.56 Å². The van der Waals surface area contributed by atoms with Crippen LogP contribution in [0, 0.1) is 0 Å². The van der Waals surface area contributed by atoms with Crippen molar-refractivity contribution in [2.24, 2.45) is 0 Å². The lowest BCUT2D eigenvalue weighted by Crippen LogP contribution is -2.25. The number of carbonyl (C=O) groups excluding carboxylic acids is 1. The highest BCUT2D eigenvalue weighted by atomic mass is 16.5. The Bertz CT molecular complexity index is 548. The maximum absolute atomic E-state index is 12.5. The molecule has 2 nitrogen and oxygen atoms in total. The zero-order chi connectivity index (χ0) is 13.1. The molecule has 2 heteroatoms. The average molecular weight is 252 g/mol. The normalized spacial score (nSPS) is 22.3. The van der Waals surface area contributed by atoms with Gasteiger partial charge in [-0.1, -0.05) is 60.7 Å². The van der Waals surface area contributed by atoms with Crippen molar-refractivity contribution in [2.45, 2.75) is 18.4 Å². The number of hydrogen-bond acceptors (Lipinski definition) is 2. The summed E-state index contributed by atoms with van der Waals surface area (Å²) in [7, 11) is 0. The predicted molar refractivity (Wildman–Crippen MR) is 74.3 cm³/mol. The summed E-state index contributed by atoms with van der Waals surface area (Å²) in [4.78, 5) is 12.5. The molecular formula is C17H16O2. The zero-order valence-corrected chi connectivity index (χ0v) is 10.7. The van der Waals surface area contributed by atoms with E-state index in [1.807, 2.05) is 48.5 Å². The van der Waals surface area contributed by atoms with E-state index in [9.17, 15) is 4.79 Å². The lowest BCUT2D eigenvalue weighted by atomic mass is 9.88. The highest BCUT2D eigenvalue weighted by Crippen LogP contribution is 2.33. The van der Waals surface area contributed by atoms with E-state index >= 15 is 0 Å². The Kier molecular flexibility index (Phi) is 3.43. The van der Waals surface area contributed by atoms with Crippen LogP contribution in [0.25, 0.3) is 0 Å². The quantitative estimate of drug-likeness (QED) is 0.782. The molecule has 0 N–H and O–H groups in total. The number of ether oxygens (including phenoxy) is 1. The molecule has 0 unspecified atom stereocenters. The minimum Gasteiger partial charge on any atom is -0.369 e. The molecule has 2 aromatic rings. The number of rotatable bonds is 3. The summed E-state index contributed by atoms with van der Waals surface area (Å²) >= 11 is 0. The molecule has 1 heterocycles. The highest BCUT2D eigenvalue weighted by Gasteiger charge is 2.35. The van der Waals surface area contributed by atoms with Gasteiger partial charge in [0.05, 0.1) is 0 Å². The molecule has 0 radical (unpaired) electrons. The van der Waals surface area contributed by atoms with Crippen molar-refractivity contribution in [1.82, 2.24) is 0 Å². The first kappa shape index (κ1) is 12.1. The van der Waals surface area contributed by atoms with Gasteiger partial charge in [0.15, 0.2) is 5.78 Å². The molecule has 0 bridgehead atoms. The first-order chi connectivity index (χ1) is 9.36. The van der Waals surface area contributed by atoms with Crippen molar-refractivity contribution >= 4 is 5.78 Å². The zero-order valence-electron chi connectivity index (χ0n) is 10.7. The highest BCUT2D eigenvalue weighted by molar-refractivity contribution is 6.00. The first-order valence-corrected chi connectivity index (χ1v) is 6.62. The van der Waals surface area contributed by atoms with E-state index in [1.54, 1.807) is 0 Å². The second kappa shape index (κ2) is 5.37. The fourth-order valence-corrected chi connectivity index (χ4v) is 2.66. The third-order valence-electron chi connectivity index (χ3n) is 3.64. The van der Waals surface area contributed by atoms with Gasteiger partial charge in [-0.25, -0.2) is 0 Å². The van der Waals surface area contributed by atoms with Crippen molar-refractivity contribution in [2.75, 3.05) is 6.61 Å². The van der Waals surface area contributed by atoms with Crippen LogP contribution in [0.5, 0.6) is 0 Å². The molecule has 0 spiro atoms. The van der Waals surface area contributed by atoms with Crippen molar-refractivity contribution < 1.29 is 9.53 Å². The molecule has 96 valence electrons. The molecule has 2 atom stereocenters. The number of Topliss-reactive ketones (excluding diaryl/α,β-unsaturated/α-hetero) is 1. The van der Waals surface area contributed by atoms with Crippen molar-refractivity contribution in [1.29, 1.82) is 0 Å². The van der Waals surface area contributed by atoms with Gasteiger partial charge in [0.25, 0.3) is 0 Å². The lowest BCUT2D eigenvalue weighted by Gasteiger charge is -2.17. The summed E-state index contributed by atoms with van der Waals surface area (Å²) < 4.78 is 5.69. The third-order valence-corrected chi connectivity index (χ3v) is 3.64. The Morgan fingerprint density at radius 3 is 2.26 bits per heavy atom. The van der Waals surface area contributed by atoms with Gasteiger partial charge in [-0.3, -0.25) is 4.79 Å². The SMILES string of the molecule is O=C(c1ccccc1)[C@@H]1OCC[C@H]1c1ccccc1. The predicted octanol–water partition coefficient (Wildman–Crippen LogP) is 3.44. The van der Waals surface area contributed by atoms with Crippen LogP contribution in [0.3, 0.4) is 0 Å². The van der Waals surface area contributed by atoms with Crippen LogP contribution in [0.2, 0.25) is 0 Å². The van der Waals surface area contributed by atoms with Crippen molar-refractivity contribution in [3.8, 4) is 0 Å². The largest absolute Gasteiger partial charge is 0.369 e. The minimum absolute atomic E-state index is 0.0898. The maximum Gasteiger partial charge on any atom is 0.192 e. The van der Waals surface area contributed by atoms with Crippen LogP contribution < -0.4 is 0 Å². The number of ketones is 1. The van der Waals surface area contributed by atoms with E-state index in [2.05, 4.69) is 12.1 Å². The molecule has 19 heavy (non-hydrogen) atoms. The average Bonchev–Trinajstić information content (AvgIpc) is 2.98. The van der Waals surface area contributed by atoms with E-state index in [4.69, 9.17) is 4.74 Å². The molecule has 0 aliphatic carbocycles. The van der Waals surface area contributed by atoms with Gasteiger partial charge >= 0.3 is 0 Å². The molecule has 0 amide bonds. The second-order valence-electron chi connectivity index (χ2n) is 4.83. The van der Waals surface area contributed by atoms with Crippen LogP contribution in [-0.2, 0) is 4.74 Å². The molecular weight excluding hydrogens is 236 g/mol. The van der Waals surface area contributed by atoms with Crippen molar-refractivity contribution in [3.05, 3.63) is 71.8 Å². The third kappa shape index (κ3) is 2.45. The van der Waals surface area contributed by atoms with E-state index in [-0.39, 0.29) is 17.8 Å². The van der Waals surface area contributed by atoms with Crippen LogP contribution >= 0.6 is 0 Å². The molecule has 0 aromatic heterocycles. The molecule has 1 aliphatic heterocycles. The fourth-order valence-electron chi connectivity index (χ4n) is 2.66. The smallest absolute Gasteiger partial charge is 0.192 e. The van der Waals surface area contributed by atoms with Gasteiger partial charge in [-0.05, 0) is 12.0 Å². The fraction of sp³-hybridized carbons (Fsp3) is 0.235. The summed E-state index contributed by atoms with van der Waals surface area (Å²) in [6.07, 6.45) is 0.567. The van der Waals surface area contributed by atoms with Gasteiger partial charge in [0, 0.05) is 18.1 Å². The number of hydrogen-bond donors (Lipinski definition) is 0. The molecule has 0 saturated carbocycles. The van der Waals surface area contributed by atoms with Gasteiger partial charge < -0.3 is 4.74 Å². The van der Waals surface area contributed by atoms with Crippen LogP contribution in [-0.4, -0.2) is 18.5 Å². The molecule has 1 aliphatic rings. The number of benzene rings is 2. The monoisotopic (exact) mass is 252 g/mol. The van der Waals surface area contributed by atoms with Gasteiger partial charge in [0.1, 0.15) is 6.10 Å². The topological polar surface area (TPSA) is 26.3 Å². The number of carbonyl (C=O) groups is 1. The van der Waals surface area contributed by atoms with Crippen LogP contribution in [0.4, 0.5) is 0 Å². The molecule has 1 saturated heterocycles. The summed E-state index contributed by atoms with van der Waals surface area (Å²) in [5.41, 5.74) is 1.92. The summed E-state index contributed by atoms with van der Waals surface area (Å²) in [6, 6.07) is 19.6. The first-order valence-electron chi connectivity index (χ1n) is 6.62. The molecule has 2 aromatic carbocycles. The van der Waals surface area contributed by atoms with Crippen LogP contribution in [0.1, 0.15) is 28.3 Å². The van der Waals surface area contributed by atoms with E-state index in [0.29, 0.717) is 6.61 Å². The molecule has 1 fully saturated rings. The lowest BCUT2D eigenvalue weighted by molar-refractivity contribution is 0.0615. The van der Waals surface area contributed by atoms with Crippen LogP contribution in [0.15, 0.2) is 60.7 Å². The van der Waals surface area contributed by atoms with Gasteiger partial charge in [-0.2, -0.15) is 0 Å². The van der Waals surface area contributed by atoms with Gasteiger partial charge in [0.2, 0.25) is 0 Å². The standard InChI is InChI=1S/C17H16O2/c18-16(14-9-5-2-6-10-14)17-15(11-12-19-17)13-7-3-1-4-8-13/h1-10,15,17H,11-12H2/t15-,17+/m0/s1. The van der Waals surface area contributed by atoms with Gasteiger partial charge in [-0.15, -0.1) is 0 Å². The summed E-state index contributed by atoms with van der Waals surface area (Å²) in [5, 5.41) is 0. The Balaban J connectivity index is 1.86. The minimum atomic E-state index is -0.343. The summed E-state index contributed by atoms with van der Waals surface area (Å²) in [6.45, 7) is 0.656. The van der Waals surface area contributed by atoms with E-state index < -0.39 is 0 Å². The van der Waals surface area contributed by atoms with Crippen molar-refractivity contribution in [3.63, 3.8) is 0 Å². The Morgan fingerprint density at radius 1 is 0.947 bits per heavy atom. The Labute approximate surface area is 113 Å². The Hall–Kier alpha value is -1.93.